The molecule has 1 heterocycles. The molecule has 0 aliphatic carbocycles. The van der Waals surface area contributed by atoms with E-state index in [-0.39, 0.29) is 23.3 Å². The van der Waals surface area contributed by atoms with E-state index in [9.17, 15) is 9.59 Å². The van der Waals surface area contributed by atoms with Gasteiger partial charge in [0.2, 0.25) is 5.91 Å². The second-order valence-corrected chi connectivity index (χ2v) is 9.52. The summed E-state index contributed by atoms with van der Waals surface area (Å²) in [5, 5.41) is 3.82. The fraction of sp³-hybridized carbons (Fsp3) is 0.440. The summed E-state index contributed by atoms with van der Waals surface area (Å²) in [5.74, 6) is 0.135. The highest BCUT2D eigenvalue weighted by atomic mass is 35.5. The fourth-order valence-corrected chi connectivity index (χ4v) is 3.86. The highest BCUT2D eigenvalue weighted by Crippen LogP contribution is 2.23. The molecule has 1 saturated heterocycles. The first-order valence-corrected chi connectivity index (χ1v) is 11.0. The molecule has 5 heteroatoms. The quantitative estimate of drug-likeness (QED) is 0.732. The van der Waals surface area contributed by atoms with Crippen LogP contribution in [0.3, 0.4) is 0 Å². The molecule has 1 aliphatic rings. The first kappa shape index (κ1) is 22.4. The van der Waals surface area contributed by atoms with Gasteiger partial charge in [-0.05, 0) is 60.1 Å². The van der Waals surface area contributed by atoms with Crippen LogP contribution in [-0.4, -0.2) is 35.8 Å². The van der Waals surface area contributed by atoms with E-state index < -0.39 is 0 Å². The highest BCUT2D eigenvalue weighted by Gasteiger charge is 2.25. The second kappa shape index (κ2) is 9.65. The average molecular weight is 427 g/mol. The van der Waals surface area contributed by atoms with Crippen molar-refractivity contribution in [2.75, 3.05) is 13.1 Å². The van der Waals surface area contributed by atoms with Gasteiger partial charge in [-0.15, -0.1) is 0 Å². The fourth-order valence-electron chi connectivity index (χ4n) is 3.73. The molecule has 1 N–H and O–H groups in total. The highest BCUT2D eigenvalue weighted by molar-refractivity contribution is 6.30. The zero-order valence-corrected chi connectivity index (χ0v) is 18.8. The molecule has 0 spiro atoms. The third-order valence-corrected chi connectivity index (χ3v) is 5.95. The Morgan fingerprint density at radius 2 is 1.60 bits per heavy atom. The van der Waals surface area contributed by atoms with Crippen molar-refractivity contribution in [2.24, 2.45) is 0 Å². The van der Waals surface area contributed by atoms with Gasteiger partial charge in [-0.1, -0.05) is 56.6 Å². The Morgan fingerprint density at radius 1 is 1.00 bits per heavy atom. The van der Waals surface area contributed by atoms with E-state index in [4.69, 9.17) is 11.6 Å². The first-order chi connectivity index (χ1) is 14.2. The van der Waals surface area contributed by atoms with Crippen LogP contribution in [0, 0.1) is 0 Å². The number of amides is 2. The molecule has 0 bridgehead atoms. The standard InChI is InChI=1S/C25H31ClN2O2/c1-25(2,3)20-9-7-19(8-10-20)24(30)28-16-14-22(15-17-28)27-23(29)13-6-18-4-11-21(26)12-5-18/h4-5,7-12,22H,6,13-17H2,1-3H3,(H,27,29). The minimum atomic E-state index is 0.0625. The Labute approximate surface area is 184 Å². The summed E-state index contributed by atoms with van der Waals surface area (Å²) in [6.45, 7) is 7.83. The maximum atomic E-state index is 12.8. The van der Waals surface area contributed by atoms with Crippen LogP contribution in [0.25, 0.3) is 0 Å². The number of piperidine rings is 1. The second-order valence-electron chi connectivity index (χ2n) is 9.09. The molecule has 1 fully saturated rings. The molecule has 0 unspecified atom stereocenters. The number of nitrogens with zero attached hydrogens (tertiary/aromatic N) is 1. The lowest BCUT2D eigenvalue weighted by Gasteiger charge is -2.32. The number of rotatable bonds is 5. The van der Waals surface area contributed by atoms with Gasteiger partial charge < -0.3 is 10.2 Å². The van der Waals surface area contributed by atoms with Gasteiger partial charge >= 0.3 is 0 Å². The largest absolute Gasteiger partial charge is 0.353 e. The van der Waals surface area contributed by atoms with Crippen molar-refractivity contribution >= 4 is 23.4 Å². The molecule has 1 aliphatic heterocycles. The molecule has 30 heavy (non-hydrogen) atoms. The summed E-state index contributed by atoms with van der Waals surface area (Å²) in [5.41, 5.74) is 3.13. The Bertz CT molecular complexity index is 862. The van der Waals surface area contributed by atoms with Crippen LogP contribution in [0.5, 0.6) is 0 Å². The molecule has 2 aromatic rings. The van der Waals surface area contributed by atoms with E-state index >= 15 is 0 Å². The van der Waals surface area contributed by atoms with Gasteiger partial charge in [0.25, 0.3) is 5.91 Å². The number of carbonyl (C=O) groups excluding carboxylic acids is 2. The summed E-state index contributed by atoms with van der Waals surface area (Å²) in [6.07, 6.45) is 2.74. The first-order valence-electron chi connectivity index (χ1n) is 10.7. The van der Waals surface area contributed by atoms with Crippen molar-refractivity contribution in [3.63, 3.8) is 0 Å². The van der Waals surface area contributed by atoms with Gasteiger partial charge in [0, 0.05) is 36.1 Å². The predicted octanol–water partition coefficient (Wildman–Crippen LogP) is 4.99. The lowest BCUT2D eigenvalue weighted by atomic mass is 9.86. The lowest BCUT2D eigenvalue weighted by Crippen LogP contribution is -2.46. The number of nitrogens with one attached hydrogen (secondary N) is 1. The van der Waals surface area contributed by atoms with E-state index in [1.807, 2.05) is 53.4 Å². The third kappa shape index (κ3) is 6.09. The van der Waals surface area contributed by atoms with Crippen molar-refractivity contribution in [3.05, 3.63) is 70.2 Å². The Kier molecular flexibility index (Phi) is 7.19. The third-order valence-electron chi connectivity index (χ3n) is 5.70. The molecule has 0 radical (unpaired) electrons. The Morgan fingerprint density at radius 3 is 2.17 bits per heavy atom. The smallest absolute Gasteiger partial charge is 0.253 e. The van der Waals surface area contributed by atoms with Gasteiger partial charge in [-0.3, -0.25) is 9.59 Å². The summed E-state index contributed by atoms with van der Waals surface area (Å²) < 4.78 is 0. The maximum absolute atomic E-state index is 12.8. The SMILES string of the molecule is CC(C)(C)c1ccc(C(=O)N2CCC(NC(=O)CCc3ccc(Cl)cc3)CC2)cc1. The monoisotopic (exact) mass is 426 g/mol. The van der Waals surface area contributed by atoms with Gasteiger partial charge in [-0.2, -0.15) is 0 Å². The number of likely N-dealkylation sites (tertiary alicyclic amines) is 1. The summed E-state index contributed by atoms with van der Waals surface area (Å²) >= 11 is 5.89. The predicted molar refractivity (Wildman–Crippen MR) is 122 cm³/mol. The van der Waals surface area contributed by atoms with Gasteiger partial charge in [0.15, 0.2) is 0 Å². The molecule has 0 aromatic heterocycles. The number of benzene rings is 2. The van der Waals surface area contributed by atoms with Crippen molar-refractivity contribution in [1.29, 1.82) is 0 Å². The van der Waals surface area contributed by atoms with Gasteiger partial charge in [0.1, 0.15) is 0 Å². The van der Waals surface area contributed by atoms with Crippen LogP contribution < -0.4 is 5.32 Å². The Hall–Kier alpha value is -2.33. The molecule has 4 nitrogen and oxygen atoms in total. The molecular formula is C25H31ClN2O2. The molecule has 0 atom stereocenters. The number of hydrogen-bond donors (Lipinski definition) is 1. The van der Waals surface area contributed by atoms with Gasteiger partial charge in [0.05, 0.1) is 0 Å². The van der Waals surface area contributed by atoms with Crippen LogP contribution in [0.15, 0.2) is 48.5 Å². The van der Waals surface area contributed by atoms with E-state index in [1.54, 1.807) is 0 Å². The molecule has 3 rings (SSSR count). The van der Waals surface area contributed by atoms with Crippen LogP contribution >= 0.6 is 11.6 Å². The van der Waals surface area contributed by atoms with Crippen LogP contribution in [0.4, 0.5) is 0 Å². The number of carbonyl (C=O) groups is 2. The van der Waals surface area contributed by atoms with Gasteiger partial charge in [-0.25, -0.2) is 0 Å². The van der Waals surface area contributed by atoms with E-state index in [1.165, 1.54) is 5.56 Å². The van der Waals surface area contributed by atoms with Crippen LogP contribution in [0.1, 0.15) is 61.5 Å². The summed E-state index contributed by atoms with van der Waals surface area (Å²) in [6, 6.07) is 15.7. The van der Waals surface area contributed by atoms with Crippen molar-refractivity contribution in [3.8, 4) is 0 Å². The van der Waals surface area contributed by atoms with E-state index in [2.05, 4.69) is 26.1 Å². The minimum absolute atomic E-state index is 0.0625. The van der Waals surface area contributed by atoms with Crippen LogP contribution in [-0.2, 0) is 16.6 Å². The Balaban J connectivity index is 1.44. The van der Waals surface area contributed by atoms with E-state index in [0.29, 0.717) is 31.0 Å². The molecule has 160 valence electrons. The molecule has 2 amide bonds. The molecular weight excluding hydrogens is 396 g/mol. The molecule has 2 aromatic carbocycles. The average Bonchev–Trinajstić information content (AvgIpc) is 2.73. The maximum Gasteiger partial charge on any atom is 0.253 e. The van der Waals surface area contributed by atoms with Crippen molar-refractivity contribution in [2.45, 2.75) is 57.9 Å². The van der Waals surface area contributed by atoms with Crippen LogP contribution in [0.2, 0.25) is 5.02 Å². The lowest BCUT2D eigenvalue weighted by molar-refractivity contribution is -0.122. The number of hydrogen-bond acceptors (Lipinski definition) is 2. The zero-order valence-electron chi connectivity index (χ0n) is 18.1. The summed E-state index contributed by atoms with van der Waals surface area (Å²) in [4.78, 5) is 27.0. The minimum Gasteiger partial charge on any atom is -0.353 e. The van der Waals surface area contributed by atoms with Crippen molar-refractivity contribution < 1.29 is 9.59 Å². The zero-order chi connectivity index (χ0) is 21.7. The topological polar surface area (TPSA) is 49.4 Å². The molecule has 0 saturated carbocycles. The van der Waals surface area contributed by atoms with E-state index in [0.717, 1.165) is 24.0 Å². The summed E-state index contributed by atoms with van der Waals surface area (Å²) in [7, 11) is 0. The number of aryl methyl sites for hydroxylation is 1. The number of halogens is 1. The normalized spacial score (nSPS) is 15.1. The van der Waals surface area contributed by atoms with Crippen molar-refractivity contribution in [1.82, 2.24) is 10.2 Å².